The average molecular weight is 411 g/mol. The molecular formula is C19H27FN4O3S. The Kier molecular flexibility index (Phi) is 6.49. The number of rotatable bonds is 7. The molecule has 2 heterocycles. The van der Waals surface area contributed by atoms with Gasteiger partial charge in [0.25, 0.3) is 0 Å². The van der Waals surface area contributed by atoms with E-state index in [1.54, 1.807) is 24.6 Å². The van der Waals surface area contributed by atoms with Gasteiger partial charge in [-0.15, -0.1) is 0 Å². The summed E-state index contributed by atoms with van der Waals surface area (Å²) in [5.41, 5.74) is 1.82. The van der Waals surface area contributed by atoms with Crippen molar-refractivity contribution in [1.82, 2.24) is 19.4 Å². The summed E-state index contributed by atoms with van der Waals surface area (Å²) in [4.78, 5) is 2.34. The second-order valence-electron chi connectivity index (χ2n) is 6.89. The van der Waals surface area contributed by atoms with Gasteiger partial charge in [0, 0.05) is 32.2 Å². The molecule has 1 atom stereocenters. The van der Waals surface area contributed by atoms with E-state index in [4.69, 9.17) is 4.74 Å². The minimum atomic E-state index is -3.75. The van der Waals surface area contributed by atoms with Crippen LogP contribution in [0.25, 0.3) is 0 Å². The molecular weight excluding hydrogens is 383 g/mol. The van der Waals surface area contributed by atoms with E-state index < -0.39 is 10.0 Å². The van der Waals surface area contributed by atoms with Crippen LogP contribution in [0.4, 0.5) is 4.39 Å². The first kappa shape index (κ1) is 20.9. The van der Waals surface area contributed by atoms with Crippen LogP contribution in [0.15, 0.2) is 29.2 Å². The van der Waals surface area contributed by atoms with E-state index in [9.17, 15) is 12.8 Å². The fourth-order valence-electron chi connectivity index (χ4n) is 3.70. The van der Waals surface area contributed by atoms with Gasteiger partial charge in [0.15, 0.2) is 0 Å². The standard InChI is InChI=1S/C19H27FN4O3S/c1-4-24-15(3)19(14(2)22-24)28(25,26)21-13-18(23-8-10-27-11-9-23)16-6-5-7-17(20)12-16/h5-7,12,18,21H,4,8-11,13H2,1-3H3. The Hall–Kier alpha value is -1.81. The van der Waals surface area contributed by atoms with Gasteiger partial charge in [-0.2, -0.15) is 5.10 Å². The summed E-state index contributed by atoms with van der Waals surface area (Å²) in [6.45, 7) is 8.57. The zero-order valence-corrected chi connectivity index (χ0v) is 17.3. The lowest BCUT2D eigenvalue weighted by atomic mass is 10.0. The van der Waals surface area contributed by atoms with Gasteiger partial charge in [-0.05, 0) is 38.5 Å². The molecule has 154 valence electrons. The Morgan fingerprint density at radius 3 is 2.61 bits per heavy atom. The zero-order valence-electron chi connectivity index (χ0n) is 16.5. The molecule has 0 amide bonds. The van der Waals surface area contributed by atoms with E-state index >= 15 is 0 Å². The lowest BCUT2D eigenvalue weighted by molar-refractivity contribution is 0.0171. The van der Waals surface area contributed by atoms with Crippen LogP contribution in [0.3, 0.4) is 0 Å². The number of benzene rings is 1. The van der Waals surface area contributed by atoms with E-state index in [0.29, 0.717) is 44.2 Å². The van der Waals surface area contributed by atoms with Crippen molar-refractivity contribution in [1.29, 1.82) is 0 Å². The van der Waals surface area contributed by atoms with Crippen molar-refractivity contribution in [3.05, 3.63) is 47.0 Å². The maximum absolute atomic E-state index is 13.8. The molecule has 1 aromatic carbocycles. The molecule has 28 heavy (non-hydrogen) atoms. The van der Waals surface area contributed by atoms with Crippen LogP contribution in [0.2, 0.25) is 0 Å². The first-order valence-corrected chi connectivity index (χ1v) is 10.9. The van der Waals surface area contributed by atoms with E-state index in [-0.39, 0.29) is 23.3 Å². The predicted molar refractivity (Wildman–Crippen MR) is 104 cm³/mol. The SMILES string of the molecule is CCn1nc(C)c(S(=O)(=O)NCC(c2cccc(F)c2)N2CCOCC2)c1C. The Balaban J connectivity index is 1.86. The van der Waals surface area contributed by atoms with Gasteiger partial charge in [-0.1, -0.05) is 12.1 Å². The van der Waals surface area contributed by atoms with Gasteiger partial charge >= 0.3 is 0 Å². The monoisotopic (exact) mass is 410 g/mol. The largest absolute Gasteiger partial charge is 0.379 e. The van der Waals surface area contributed by atoms with Crippen LogP contribution in [-0.4, -0.2) is 55.9 Å². The Morgan fingerprint density at radius 1 is 1.29 bits per heavy atom. The Labute approximate surface area is 165 Å². The van der Waals surface area contributed by atoms with Crippen molar-refractivity contribution in [2.45, 2.75) is 38.3 Å². The number of ether oxygens (including phenoxy) is 1. The van der Waals surface area contributed by atoms with Gasteiger partial charge < -0.3 is 4.74 Å². The number of sulfonamides is 1. The molecule has 1 aliphatic heterocycles. The molecule has 9 heteroatoms. The number of nitrogens with one attached hydrogen (secondary N) is 1. The van der Waals surface area contributed by atoms with Crippen LogP contribution in [0, 0.1) is 19.7 Å². The highest BCUT2D eigenvalue weighted by molar-refractivity contribution is 7.89. The molecule has 0 radical (unpaired) electrons. The van der Waals surface area contributed by atoms with Gasteiger partial charge in [0.1, 0.15) is 10.7 Å². The zero-order chi connectivity index (χ0) is 20.3. The molecule has 0 saturated carbocycles. The molecule has 1 aliphatic rings. The van der Waals surface area contributed by atoms with Crippen LogP contribution in [0.5, 0.6) is 0 Å². The molecule has 7 nitrogen and oxygen atoms in total. The summed E-state index contributed by atoms with van der Waals surface area (Å²) in [5, 5.41) is 4.30. The fraction of sp³-hybridized carbons (Fsp3) is 0.526. The molecule has 1 saturated heterocycles. The number of nitrogens with zero attached hydrogens (tertiary/aromatic N) is 3. The third kappa shape index (κ3) is 4.43. The minimum absolute atomic E-state index is 0.141. The minimum Gasteiger partial charge on any atom is -0.379 e. The van der Waals surface area contributed by atoms with Crippen LogP contribution < -0.4 is 4.72 Å². The summed E-state index contributed by atoms with van der Waals surface area (Å²) < 4.78 is 49.6. The first-order chi connectivity index (χ1) is 13.3. The van der Waals surface area contributed by atoms with Crippen molar-refractivity contribution in [3.63, 3.8) is 0 Å². The van der Waals surface area contributed by atoms with Crippen molar-refractivity contribution in [3.8, 4) is 0 Å². The highest BCUT2D eigenvalue weighted by Crippen LogP contribution is 2.24. The highest BCUT2D eigenvalue weighted by atomic mass is 32.2. The lowest BCUT2D eigenvalue weighted by Gasteiger charge is -2.34. The summed E-state index contributed by atoms with van der Waals surface area (Å²) in [6, 6.07) is 6.03. The number of hydrogen-bond donors (Lipinski definition) is 1. The molecule has 0 spiro atoms. The van der Waals surface area contributed by atoms with Crippen LogP contribution in [0.1, 0.15) is 29.9 Å². The average Bonchev–Trinajstić information content (AvgIpc) is 2.97. The molecule has 0 aliphatic carbocycles. The fourth-order valence-corrected chi connectivity index (χ4v) is 5.14. The molecule has 0 bridgehead atoms. The van der Waals surface area contributed by atoms with Gasteiger partial charge in [0.05, 0.1) is 24.6 Å². The topological polar surface area (TPSA) is 76.5 Å². The van der Waals surface area contributed by atoms with Crippen molar-refractivity contribution in [2.75, 3.05) is 32.8 Å². The molecule has 1 unspecified atom stereocenters. The maximum atomic E-state index is 13.8. The summed E-state index contributed by atoms with van der Waals surface area (Å²) in [6.07, 6.45) is 0. The van der Waals surface area contributed by atoms with Crippen molar-refractivity contribution < 1.29 is 17.5 Å². The van der Waals surface area contributed by atoms with Gasteiger partial charge in [-0.3, -0.25) is 9.58 Å². The predicted octanol–water partition coefficient (Wildman–Crippen LogP) is 2.01. The summed E-state index contributed by atoms with van der Waals surface area (Å²) in [7, 11) is -3.75. The Morgan fingerprint density at radius 2 is 2.00 bits per heavy atom. The van der Waals surface area contributed by atoms with Gasteiger partial charge in [-0.25, -0.2) is 17.5 Å². The quantitative estimate of drug-likeness (QED) is 0.756. The van der Waals surface area contributed by atoms with Crippen LogP contribution in [-0.2, 0) is 21.3 Å². The van der Waals surface area contributed by atoms with Crippen molar-refractivity contribution >= 4 is 10.0 Å². The van der Waals surface area contributed by atoms with E-state index in [1.165, 1.54) is 12.1 Å². The number of morpholine rings is 1. The first-order valence-electron chi connectivity index (χ1n) is 9.44. The lowest BCUT2D eigenvalue weighted by Crippen LogP contribution is -2.43. The molecule has 1 fully saturated rings. The van der Waals surface area contributed by atoms with E-state index in [2.05, 4.69) is 14.7 Å². The van der Waals surface area contributed by atoms with Gasteiger partial charge in [0.2, 0.25) is 10.0 Å². The normalized spacial score (nSPS) is 17.0. The molecule has 1 N–H and O–H groups in total. The number of aromatic nitrogens is 2. The Bertz CT molecular complexity index is 923. The molecule has 3 rings (SSSR count). The number of hydrogen-bond acceptors (Lipinski definition) is 5. The number of halogens is 1. The smallest absolute Gasteiger partial charge is 0.244 e. The second kappa shape index (κ2) is 8.69. The van der Waals surface area contributed by atoms with E-state index in [0.717, 1.165) is 5.56 Å². The second-order valence-corrected chi connectivity index (χ2v) is 8.59. The summed E-state index contributed by atoms with van der Waals surface area (Å²) in [5.74, 6) is -0.338. The molecule has 2 aromatic rings. The molecule has 1 aromatic heterocycles. The van der Waals surface area contributed by atoms with Crippen LogP contribution >= 0.6 is 0 Å². The maximum Gasteiger partial charge on any atom is 0.244 e. The third-order valence-electron chi connectivity index (χ3n) is 5.07. The van der Waals surface area contributed by atoms with E-state index in [1.807, 2.05) is 13.0 Å². The number of aryl methyl sites for hydroxylation is 2. The highest BCUT2D eigenvalue weighted by Gasteiger charge is 2.28. The van der Waals surface area contributed by atoms with Crippen molar-refractivity contribution in [2.24, 2.45) is 0 Å². The third-order valence-corrected chi connectivity index (χ3v) is 6.74. The summed E-state index contributed by atoms with van der Waals surface area (Å²) >= 11 is 0.